The molecule has 0 aliphatic carbocycles. The van der Waals surface area contributed by atoms with Crippen molar-refractivity contribution < 1.29 is 9.53 Å². The van der Waals surface area contributed by atoms with Gasteiger partial charge in [0.15, 0.2) is 4.32 Å². The summed E-state index contributed by atoms with van der Waals surface area (Å²) in [5.41, 5.74) is 3.52. The summed E-state index contributed by atoms with van der Waals surface area (Å²) in [5.74, 6) is 0.515. The molecule has 0 bridgehead atoms. The maximum atomic E-state index is 13.1. The highest BCUT2D eigenvalue weighted by atomic mass is 79.9. The summed E-state index contributed by atoms with van der Waals surface area (Å²) in [4.78, 5) is 15.3. The number of hydrogen-bond donors (Lipinski definition) is 0. The number of hydrogen-bond acceptors (Lipinski definition) is 4. The van der Waals surface area contributed by atoms with Crippen LogP contribution in [-0.4, -0.2) is 10.2 Å². The fourth-order valence-electron chi connectivity index (χ4n) is 3.13. The fraction of sp³-hybridized carbons (Fsp3) is 0.0833. The largest absolute Gasteiger partial charge is 0.488 e. The summed E-state index contributed by atoms with van der Waals surface area (Å²) in [6, 6.07) is 21.0. The molecular weight excluding hydrogens is 514 g/mol. The van der Waals surface area contributed by atoms with Gasteiger partial charge in [-0.25, -0.2) is 0 Å². The Bertz CT molecular complexity index is 1210. The van der Waals surface area contributed by atoms with Gasteiger partial charge in [0.25, 0.3) is 5.91 Å². The van der Waals surface area contributed by atoms with Gasteiger partial charge in [-0.3, -0.25) is 9.69 Å². The zero-order chi connectivity index (χ0) is 22.0. The van der Waals surface area contributed by atoms with Crippen LogP contribution in [-0.2, 0) is 11.4 Å². The number of anilines is 1. The number of thiocarbonyl (C=S) groups is 1. The molecule has 156 valence electrons. The van der Waals surface area contributed by atoms with Gasteiger partial charge in [0.1, 0.15) is 12.4 Å². The number of nitrogens with zero attached hydrogens (tertiary/aromatic N) is 1. The van der Waals surface area contributed by atoms with Crippen molar-refractivity contribution >= 4 is 73.5 Å². The van der Waals surface area contributed by atoms with Crippen LogP contribution in [0.15, 0.2) is 76.1 Å². The van der Waals surface area contributed by atoms with E-state index in [4.69, 9.17) is 28.6 Å². The molecule has 1 aliphatic heterocycles. The van der Waals surface area contributed by atoms with E-state index in [0.717, 1.165) is 26.9 Å². The smallest absolute Gasteiger partial charge is 0.270 e. The van der Waals surface area contributed by atoms with Crippen molar-refractivity contribution in [3.8, 4) is 5.75 Å². The van der Waals surface area contributed by atoms with Crippen LogP contribution in [0.2, 0.25) is 5.02 Å². The molecule has 1 amide bonds. The first kappa shape index (κ1) is 22.1. The third kappa shape index (κ3) is 5.04. The molecule has 1 saturated heterocycles. The molecule has 0 aromatic heterocycles. The Labute approximate surface area is 204 Å². The number of benzene rings is 3. The molecule has 3 aromatic rings. The molecule has 3 aromatic carbocycles. The Balaban J connectivity index is 1.62. The van der Waals surface area contributed by atoms with Crippen LogP contribution in [0.25, 0.3) is 6.08 Å². The number of ether oxygens (including phenoxy) is 1. The molecule has 4 rings (SSSR count). The van der Waals surface area contributed by atoms with Crippen LogP contribution in [0.1, 0.15) is 16.7 Å². The van der Waals surface area contributed by atoms with E-state index in [0.29, 0.717) is 26.6 Å². The minimum Gasteiger partial charge on any atom is -0.488 e. The van der Waals surface area contributed by atoms with Crippen molar-refractivity contribution in [1.82, 2.24) is 0 Å². The molecule has 0 atom stereocenters. The third-order valence-corrected chi connectivity index (χ3v) is 6.82. The van der Waals surface area contributed by atoms with E-state index in [9.17, 15) is 4.79 Å². The first-order valence-electron chi connectivity index (χ1n) is 9.43. The van der Waals surface area contributed by atoms with E-state index in [1.807, 2.05) is 79.7 Å². The van der Waals surface area contributed by atoms with Crippen LogP contribution in [0.4, 0.5) is 5.69 Å². The Morgan fingerprint density at radius 1 is 1.13 bits per heavy atom. The molecule has 0 radical (unpaired) electrons. The Hall–Kier alpha value is -2.12. The number of aryl methyl sites for hydroxylation is 1. The van der Waals surface area contributed by atoms with Gasteiger partial charge in [-0.05, 0) is 55.0 Å². The normalized spacial score (nSPS) is 15.1. The summed E-state index contributed by atoms with van der Waals surface area (Å²) in [5, 5.41) is 0.653. The van der Waals surface area contributed by atoms with Crippen LogP contribution in [0.5, 0.6) is 5.75 Å². The monoisotopic (exact) mass is 529 g/mol. The van der Waals surface area contributed by atoms with Crippen molar-refractivity contribution in [3.05, 3.63) is 97.8 Å². The lowest BCUT2D eigenvalue weighted by Gasteiger charge is -2.15. The third-order valence-electron chi connectivity index (χ3n) is 4.65. The molecule has 1 heterocycles. The Kier molecular flexibility index (Phi) is 6.82. The Morgan fingerprint density at radius 3 is 2.71 bits per heavy atom. The van der Waals surface area contributed by atoms with Crippen molar-refractivity contribution in [2.24, 2.45) is 0 Å². The molecular formula is C24H17BrClNO2S2. The standard InChI is InChI=1S/C24H17BrClNO2S2/c1-15-5-4-7-19(11-15)27-23(28)22(31-24(27)30)13-17-12-18(25)9-10-21(17)29-14-16-6-2-3-8-20(16)26/h2-13H,14H2,1H3/b22-13-. The minimum atomic E-state index is -0.141. The molecule has 0 unspecified atom stereocenters. The van der Waals surface area contributed by atoms with Gasteiger partial charge in [-0.1, -0.05) is 81.8 Å². The summed E-state index contributed by atoms with van der Waals surface area (Å²) in [6.45, 7) is 2.31. The number of carbonyl (C=O) groups is 1. The van der Waals surface area contributed by atoms with Crippen LogP contribution >= 0.6 is 51.5 Å². The second kappa shape index (κ2) is 9.57. The average molecular weight is 531 g/mol. The molecule has 0 N–H and O–H groups in total. The van der Waals surface area contributed by atoms with E-state index in [1.54, 1.807) is 4.90 Å². The van der Waals surface area contributed by atoms with E-state index >= 15 is 0 Å². The highest BCUT2D eigenvalue weighted by Crippen LogP contribution is 2.38. The lowest BCUT2D eigenvalue weighted by molar-refractivity contribution is -0.113. The SMILES string of the molecule is Cc1cccc(N2C(=O)/C(=C/c3cc(Br)ccc3OCc3ccccc3Cl)SC2=S)c1. The van der Waals surface area contributed by atoms with Crippen molar-refractivity contribution in [3.63, 3.8) is 0 Å². The zero-order valence-corrected chi connectivity index (χ0v) is 20.4. The number of amides is 1. The van der Waals surface area contributed by atoms with E-state index in [2.05, 4.69) is 15.9 Å². The highest BCUT2D eigenvalue weighted by molar-refractivity contribution is 9.10. The molecule has 31 heavy (non-hydrogen) atoms. The predicted molar refractivity (Wildman–Crippen MR) is 137 cm³/mol. The maximum absolute atomic E-state index is 13.1. The van der Waals surface area contributed by atoms with Gasteiger partial charge < -0.3 is 4.74 Å². The van der Waals surface area contributed by atoms with Crippen molar-refractivity contribution in [2.75, 3.05) is 4.90 Å². The number of halogens is 2. The molecule has 3 nitrogen and oxygen atoms in total. The van der Waals surface area contributed by atoms with Gasteiger partial charge in [-0.2, -0.15) is 0 Å². The van der Waals surface area contributed by atoms with E-state index in [-0.39, 0.29) is 5.91 Å². The number of carbonyl (C=O) groups excluding carboxylic acids is 1. The molecule has 1 aliphatic rings. The molecule has 7 heteroatoms. The topological polar surface area (TPSA) is 29.5 Å². The predicted octanol–water partition coefficient (Wildman–Crippen LogP) is 7.40. The van der Waals surface area contributed by atoms with Gasteiger partial charge in [0, 0.05) is 20.6 Å². The summed E-state index contributed by atoms with van der Waals surface area (Å²) in [6.07, 6.45) is 1.82. The first-order valence-corrected chi connectivity index (χ1v) is 11.8. The molecule has 0 saturated carbocycles. The van der Waals surface area contributed by atoms with E-state index < -0.39 is 0 Å². The van der Waals surface area contributed by atoms with Crippen molar-refractivity contribution in [2.45, 2.75) is 13.5 Å². The number of thioether (sulfide) groups is 1. The lowest BCUT2D eigenvalue weighted by Crippen LogP contribution is -2.27. The minimum absolute atomic E-state index is 0.141. The molecule has 1 fully saturated rings. The second-order valence-electron chi connectivity index (χ2n) is 6.92. The van der Waals surface area contributed by atoms with Gasteiger partial charge in [0.05, 0.1) is 10.6 Å². The van der Waals surface area contributed by atoms with Crippen LogP contribution in [0.3, 0.4) is 0 Å². The number of rotatable bonds is 5. The van der Waals surface area contributed by atoms with Gasteiger partial charge in [0.2, 0.25) is 0 Å². The van der Waals surface area contributed by atoms with E-state index in [1.165, 1.54) is 11.8 Å². The van der Waals surface area contributed by atoms with Crippen molar-refractivity contribution in [1.29, 1.82) is 0 Å². The van der Waals surface area contributed by atoms with Crippen LogP contribution in [0, 0.1) is 6.92 Å². The second-order valence-corrected chi connectivity index (χ2v) is 9.92. The molecule has 0 spiro atoms. The average Bonchev–Trinajstić information content (AvgIpc) is 3.01. The summed E-state index contributed by atoms with van der Waals surface area (Å²) >= 11 is 16.5. The maximum Gasteiger partial charge on any atom is 0.270 e. The summed E-state index contributed by atoms with van der Waals surface area (Å²) in [7, 11) is 0. The lowest BCUT2D eigenvalue weighted by atomic mass is 10.1. The van der Waals surface area contributed by atoms with Gasteiger partial charge in [-0.15, -0.1) is 0 Å². The Morgan fingerprint density at radius 2 is 1.94 bits per heavy atom. The first-order chi connectivity index (χ1) is 14.9. The zero-order valence-electron chi connectivity index (χ0n) is 16.5. The fourth-order valence-corrected chi connectivity index (χ4v) is 4.99. The summed E-state index contributed by atoms with van der Waals surface area (Å²) < 4.78 is 7.44. The quantitative estimate of drug-likeness (QED) is 0.254. The van der Waals surface area contributed by atoms with Gasteiger partial charge >= 0.3 is 0 Å². The van der Waals surface area contributed by atoms with Crippen LogP contribution < -0.4 is 9.64 Å². The highest BCUT2D eigenvalue weighted by Gasteiger charge is 2.33.